The van der Waals surface area contributed by atoms with E-state index >= 15 is 0 Å². The minimum atomic E-state index is -0.0369. The first-order chi connectivity index (χ1) is 21.7. The van der Waals surface area contributed by atoms with E-state index in [0.717, 1.165) is 22.2 Å². The van der Waals surface area contributed by atoms with Crippen molar-refractivity contribution in [3.8, 4) is 0 Å². The van der Waals surface area contributed by atoms with Gasteiger partial charge in [-0.3, -0.25) is 20.0 Å². The summed E-state index contributed by atoms with van der Waals surface area (Å²) in [4.78, 5) is 20.1. The standard InChI is InChI=1S/C37H26N4.2BrH.Ni/c1-3-11-25-19-38-27(17-23(25)9-1)21-40-35-33-29-13-5-7-15-31(29)37(33)32-16-8-6-14-30(32)34(37)36(35)41-22-28-18-24-10-2-4-12-26(24)20-39-28;;;/h1-22,33-36H;2*1H;/q;;;+2/p-2/t33?,34?,35-,36-,37?;;;/m1.../s1. The van der Waals surface area contributed by atoms with Crippen LogP contribution in [0.25, 0.3) is 21.5 Å². The SMILES string of the molecule is C(=N[C@@H]1C2c3ccccc3C23c2ccccc2C3[C@H]1N=Cc1cc2ccccc2cn1)c1cc2ccccc2cn1.[Br][Ni][Br]. The van der Waals surface area contributed by atoms with Crippen LogP contribution in [0.3, 0.4) is 0 Å². The number of aliphatic imine (C=N–C) groups is 2. The van der Waals surface area contributed by atoms with Gasteiger partial charge in [-0.05, 0) is 45.2 Å². The molecule has 0 saturated heterocycles. The van der Waals surface area contributed by atoms with Gasteiger partial charge in [0.05, 0.1) is 23.5 Å². The Kier molecular flexibility index (Phi) is 7.29. The third kappa shape index (κ3) is 4.28. The number of hydrogen-bond acceptors (Lipinski definition) is 4. The Bertz CT molecular complexity index is 1950. The molecule has 2 heterocycles. The van der Waals surface area contributed by atoms with E-state index in [-0.39, 0.29) is 29.3 Å². The molecule has 9 rings (SSSR count). The summed E-state index contributed by atoms with van der Waals surface area (Å²) in [6.45, 7) is 0. The van der Waals surface area contributed by atoms with Crippen molar-refractivity contribution in [2.24, 2.45) is 9.98 Å². The molecule has 6 aromatic rings. The van der Waals surface area contributed by atoms with Gasteiger partial charge >= 0.3 is 39.3 Å². The summed E-state index contributed by atoms with van der Waals surface area (Å²) in [6.07, 6.45) is 7.81. The molecule has 2 unspecified atom stereocenters. The second-order valence-electron chi connectivity index (χ2n) is 11.5. The number of halogens is 2. The van der Waals surface area contributed by atoms with Crippen LogP contribution < -0.4 is 0 Å². The normalized spacial score (nSPS) is 24.2. The fraction of sp³-hybridized carbons (Fsp3) is 0.135. The average molecular weight is 745 g/mol. The first-order valence-corrected chi connectivity index (χ1v) is 19.4. The second kappa shape index (κ2) is 11.4. The summed E-state index contributed by atoms with van der Waals surface area (Å²) in [5.41, 5.74) is 7.41. The molecule has 218 valence electrons. The molecule has 0 N–H and O–H groups in total. The van der Waals surface area contributed by atoms with Gasteiger partial charge in [-0.15, -0.1) is 0 Å². The van der Waals surface area contributed by atoms with Gasteiger partial charge in [-0.1, -0.05) is 97.1 Å². The summed E-state index contributed by atoms with van der Waals surface area (Å²) in [5.74, 6) is 0.559. The van der Waals surface area contributed by atoms with Gasteiger partial charge < -0.3 is 0 Å². The molecule has 4 atom stereocenters. The molecule has 0 bridgehead atoms. The molecule has 3 aliphatic rings. The number of aromatic nitrogens is 2. The average Bonchev–Trinajstić information content (AvgIpc) is 3.26. The Balaban J connectivity index is 0.000000928. The van der Waals surface area contributed by atoms with E-state index in [1.807, 2.05) is 37.0 Å². The van der Waals surface area contributed by atoms with E-state index in [9.17, 15) is 0 Å². The summed E-state index contributed by atoms with van der Waals surface area (Å²) < 4.78 is 0. The molecular formula is C37H26Br2N4Ni. The van der Waals surface area contributed by atoms with E-state index in [1.165, 1.54) is 43.9 Å². The fourth-order valence-corrected chi connectivity index (χ4v) is 7.95. The maximum atomic E-state index is 5.32. The minimum absolute atomic E-state index is 0.00715. The zero-order valence-electron chi connectivity index (χ0n) is 23.4. The van der Waals surface area contributed by atoms with E-state index in [0.29, 0.717) is 0 Å². The Morgan fingerprint density at radius 2 is 0.955 bits per heavy atom. The topological polar surface area (TPSA) is 50.5 Å². The van der Waals surface area contributed by atoms with Gasteiger partial charge in [0.25, 0.3) is 0 Å². The van der Waals surface area contributed by atoms with Crippen LogP contribution in [0.2, 0.25) is 0 Å². The molecular weight excluding hydrogens is 719 g/mol. The molecule has 2 aromatic heterocycles. The van der Waals surface area contributed by atoms with Crippen LogP contribution >= 0.6 is 28.5 Å². The Morgan fingerprint density at radius 3 is 1.41 bits per heavy atom. The van der Waals surface area contributed by atoms with Gasteiger partial charge in [0.15, 0.2) is 0 Å². The van der Waals surface area contributed by atoms with Crippen molar-refractivity contribution in [1.82, 2.24) is 9.97 Å². The summed E-state index contributed by atoms with van der Waals surface area (Å²) in [7, 11) is 1.25. The molecule has 4 nitrogen and oxygen atoms in total. The Morgan fingerprint density at radius 1 is 0.568 bits per heavy atom. The molecule has 4 aromatic carbocycles. The zero-order valence-corrected chi connectivity index (χ0v) is 27.5. The van der Waals surface area contributed by atoms with Crippen molar-refractivity contribution in [3.05, 3.63) is 155 Å². The first kappa shape index (κ1) is 28.0. The molecule has 1 spiro atoms. The van der Waals surface area contributed by atoms with Crippen molar-refractivity contribution >= 4 is 62.4 Å². The first-order valence-electron chi connectivity index (χ1n) is 14.5. The van der Waals surface area contributed by atoms with E-state index in [1.54, 1.807) is 0 Å². The number of benzene rings is 4. The van der Waals surface area contributed by atoms with Crippen LogP contribution in [-0.2, 0) is 16.3 Å². The monoisotopic (exact) mass is 742 g/mol. The molecule has 0 amide bonds. The molecule has 3 aliphatic carbocycles. The molecule has 1 fully saturated rings. The van der Waals surface area contributed by atoms with Crippen molar-refractivity contribution < 1.29 is 10.9 Å². The van der Waals surface area contributed by atoms with Crippen LogP contribution in [0.4, 0.5) is 0 Å². The summed E-state index contributed by atoms with van der Waals surface area (Å²) in [5, 5.41) is 4.61. The van der Waals surface area contributed by atoms with Gasteiger partial charge in [0.1, 0.15) is 0 Å². The van der Waals surface area contributed by atoms with E-state index in [4.69, 9.17) is 20.0 Å². The molecule has 44 heavy (non-hydrogen) atoms. The number of pyridine rings is 2. The van der Waals surface area contributed by atoms with Gasteiger partial charge in [0, 0.05) is 52.8 Å². The fourth-order valence-electron chi connectivity index (χ4n) is 7.95. The Labute approximate surface area is 276 Å². The second-order valence-corrected chi connectivity index (χ2v) is 16.5. The number of hydrogen-bond donors (Lipinski definition) is 0. The van der Waals surface area contributed by atoms with Crippen LogP contribution in [0.15, 0.2) is 132 Å². The van der Waals surface area contributed by atoms with E-state index < -0.39 is 0 Å². The Hall–Kier alpha value is -3.51. The number of rotatable bonds is 4. The van der Waals surface area contributed by atoms with Gasteiger partial charge in [0.2, 0.25) is 0 Å². The summed E-state index contributed by atoms with van der Waals surface area (Å²) >= 11 is 6.00. The number of fused-ring (bicyclic) bond motifs is 6. The maximum absolute atomic E-state index is 5.32. The van der Waals surface area contributed by atoms with Crippen molar-refractivity contribution in [1.29, 1.82) is 0 Å². The van der Waals surface area contributed by atoms with Crippen molar-refractivity contribution in [2.75, 3.05) is 0 Å². The predicted octanol–water partition coefficient (Wildman–Crippen LogP) is 8.94. The molecule has 7 heteroatoms. The third-order valence-electron chi connectivity index (χ3n) is 9.56. The predicted molar refractivity (Wildman–Crippen MR) is 183 cm³/mol. The molecule has 0 radical (unpaired) electrons. The van der Waals surface area contributed by atoms with Crippen LogP contribution in [0.5, 0.6) is 0 Å². The third-order valence-corrected chi connectivity index (χ3v) is 9.56. The van der Waals surface area contributed by atoms with Crippen molar-refractivity contribution in [2.45, 2.75) is 29.3 Å². The molecule has 0 aliphatic heterocycles. The van der Waals surface area contributed by atoms with Crippen LogP contribution in [0, 0.1) is 0 Å². The van der Waals surface area contributed by atoms with Crippen molar-refractivity contribution in [3.63, 3.8) is 0 Å². The van der Waals surface area contributed by atoms with Crippen LogP contribution in [-0.4, -0.2) is 34.5 Å². The number of nitrogens with zero attached hydrogens (tertiary/aromatic N) is 4. The van der Waals surface area contributed by atoms with Gasteiger partial charge in [-0.25, -0.2) is 0 Å². The van der Waals surface area contributed by atoms with Gasteiger partial charge in [-0.2, -0.15) is 0 Å². The quantitative estimate of drug-likeness (QED) is 0.134. The zero-order chi connectivity index (χ0) is 29.7. The summed E-state index contributed by atoms with van der Waals surface area (Å²) in [6, 6.07) is 38.8. The molecule has 1 saturated carbocycles. The van der Waals surface area contributed by atoms with E-state index in [2.05, 4.69) is 126 Å². The van der Waals surface area contributed by atoms with Crippen LogP contribution in [0.1, 0.15) is 45.5 Å².